The molecule has 3 atom stereocenters. The third kappa shape index (κ3) is 3.47. The number of aromatic nitrogens is 3. The van der Waals surface area contributed by atoms with Gasteiger partial charge in [0.2, 0.25) is 0 Å². The molecule has 0 radical (unpaired) electrons. The van der Waals surface area contributed by atoms with Gasteiger partial charge in [0.05, 0.1) is 17.1 Å². The third-order valence-corrected chi connectivity index (χ3v) is 7.96. The van der Waals surface area contributed by atoms with E-state index in [9.17, 15) is 14.0 Å². The number of hydrogen-bond acceptors (Lipinski definition) is 7. The van der Waals surface area contributed by atoms with E-state index in [0.717, 1.165) is 17.8 Å². The summed E-state index contributed by atoms with van der Waals surface area (Å²) in [6.45, 7) is 0.337. The number of nitrogens with one attached hydrogen (secondary N) is 1. The molecule has 0 unspecified atom stereocenters. The number of nitrogens with two attached hydrogens (primary N) is 1. The lowest BCUT2D eigenvalue weighted by Gasteiger charge is -2.27. The van der Waals surface area contributed by atoms with E-state index in [-0.39, 0.29) is 40.5 Å². The number of carbonyl (C=O) groups is 2. The van der Waals surface area contributed by atoms with Crippen LogP contribution in [0.5, 0.6) is 0 Å². The molecule has 168 valence electrons. The number of piperidine rings is 1. The van der Waals surface area contributed by atoms with Crippen molar-refractivity contribution in [2.24, 2.45) is 5.92 Å². The van der Waals surface area contributed by atoms with Gasteiger partial charge in [0.15, 0.2) is 10.1 Å². The van der Waals surface area contributed by atoms with Crippen molar-refractivity contribution in [1.29, 1.82) is 0 Å². The minimum absolute atomic E-state index is 0.139. The lowest BCUT2D eigenvalue weighted by molar-refractivity contribution is 0.0684. The average molecular weight is 483 g/mol. The topological polar surface area (TPSA) is 106 Å². The maximum atomic E-state index is 13.8. The number of fused-ring (bicyclic) bond motifs is 2. The number of likely N-dealkylation sites (tertiary alicyclic amines) is 1. The highest BCUT2D eigenvalue weighted by Crippen LogP contribution is 2.49. The second-order valence-corrected chi connectivity index (χ2v) is 10.2. The Labute approximate surface area is 195 Å². The van der Waals surface area contributed by atoms with Gasteiger partial charge in [0, 0.05) is 24.2 Å². The van der Waals surface area contributed by atoms with Crippen molar-refractivity contribution in [2.45, 2.75) is 24.9 Å². The molecule has 33 heavy (non-hydrogen) atoms. The average Bonchev–Trinajstić information content (AvgIpc) is 3.21. The van der Waals surface area contributed by atoms with Gasteiger partial charge in [-0.25, -0.2) is 14.4 Å². The Kier molecular flexibility index (Phi) is 4.70. The van der Waals surface area contributed by atoms with Crippen molar-refractivity contribution in [2.75, 3.05) is 12.3 Å². The van der Waals surface area contributed by atoms with E-state index in [4.69, 9.17) is 5.73 Å². The first-order valence-corrected chi connectivity index (χ1v) is 12.2. The molecule has 0 bridgehead atoms. The molecule has 2 fully saturated rings. The van der Waals surface area contributed by atoms with Crippen molar-refractivity contribution in [3.63, 3.8) is 0 Å². The number of nitrogens with zero attached hydrogens (tertiary/aromatic N) is 4. The van der Waals surface area contributed by atoms with E-state index >= 15 is 0 Å². The Morgan fingerprint density at radius 2 is 2.18 bits per heavy atom. The molecule has 1 aromatic carbocycles. The lowest BCUT2D eigenvalue weighted by atomic mass is 10.1. The Morgan fingerprint density at radius 3 is 3.03 bits per heavy atom. The molecule has 1 saturated heterocycles. The minimum atomic E-state index is -0.388. The number of carbonyl (C=O) groups excluding carboxylic acids is 2. The van der Waals surface area contributed by atoms with E-state index in [1.165, 1.54) is 34.8 Å². The SMILES string of the molecule is Nc1nc(C(=O)N2[C@H](CNC(=O)c3cnc4sccn34)C[C@@H]3C[C@@H]32)c(-c2cccc(F)c2)s1. The smallest absolute Gasteiger partial charge is 0.274 e. The van der Waals surface area contributed by atoms with Gasteiger partial charge in [-0.15, -0.1) is 11.3 Å². The van der Waals surface area contributed by atoms with Crippen molar-refractivity contribution >= 4 is 44.6 Å². The van der Waals surface area contributed by atoms with Crippen molar-refractivity contribution in [3.8, 4) is 10.4 Å². The van der Waals surface area contributed by atoms with E-state index in [1.807, 2.05) is 16.5 Å². The van der Waals surface area contributed by atoms with Crippen LogP contribution >= 0.6 is 22.7 Å². The molecule has 3 N–H and O–H groups in total. The van der Waals surface area contributed by atoms with Crippen molar-refractivity contribution < 1.29 is 14.0 Å². The number of anilines is 1. The Morgan fingerprint density at radius 1 is 1.30 bits per heavy atom. The highest BCUT2D eigenvalue weighted by atomic mass is 32.1. The molecule has 2 amide bonds. The van der Waals surface area contributed by atoms with Crippen LogP contribution in [0.4, 0.5) is 9.52 Å². The summed E-state index contributed by atoms with van der Waals surface area (Å²) in [6, 6.07) is 6.07. The summed E-state index contributed by atoms with van der Waals surface area (Å²) in [6.07, 6.45) is 5.14. The fourth-order valence-corrected chi connectivity index (χ4v) is 6.19. The van der Waals surface area contributed by atoms with Gasteiger partial charge < -0.3 is 16.0 Å². The Bertz CT molecular complexity index is 1390. The van der Waals surface area contributed by atoms with E-state index in [1.54, 1.807) is 22.7 Å². The quantitative estimate of drug-likeness (QED) is 0.454. The molecule has 11 heteroatoms. The predicted octanol–water partition coefficient (Wildman–Crippen LogP) is 3.27. The van der Waals surface area contributed by atoms with Crippen LogP contribution in [0.25, 0.3) is 15.4 Å². The molecule has 4 heterocycles. The standard InChI is InChI=1S/C22H19FN6O2S2/c23-13-3-1-2-11(6-13)18-17(27-21(24)33-18)20(31)29-14(7-12-8-15(12)29)9-25-19(30)16-10-26-22-28(16)4-5-32-22/h1-6,10,12,14-15H,7-9H2,(H2,24,27)(H,25,30)/t12-,14+,15+/m1/s1. The van der Waals surface area contributed by atoms with Crippen LogP contribution in [0, 0.1) is 11.7 Å². The Hall–Kier alpha value is -3.31. The second-order valence-electron chi connectivity index (χ2n) is 8.31. The molecule has 6 rings (SSSR count). The summed E-state index contributed by atoms with van der Waals surface area (Å²) in [5.74, 6) is -0.409. The molecule has 8 nitrogen and oxygen atoms in total. The lowest BCUT2D eigenvalue weighted by Crippen LogP contribution is -2.45. The number of rotatable bonds is 5. The van der Waals surface area contributed by atoms with Crippen molar-refractivity contribution in [1.82, 2.24) is 24.6 Å². The number of hydrogen-bond donors (Lipinski definition) is 2. The Balaban J connectivity index is 1.23. The van der Waals surface area contributed by atoms with Gasteiger partial charge in [0.1, 0.15) is 17.2 Å². The fourth-order valence-electron chi connectivity index (χ4n) is 4.68. The van der Waals surface area contributed by atoms with Gasteiger partial charge in [-0.2, -0.15) is 0 Å². The van der Waals surface area contributed by atoms with E-state index < -0.39 is 0 Å². The molecule has 0 spiro atoms. The van der Waals surface area contributed by atoms with Gasteiger partial charge >= 0.3 is 0 Å². The second kappa shape index (κ2) is 7.63. The zero-order valence-electron chi connectivity index (χ0n) is 17.3. The predicted molar refractivity (Wildman–Crippen MR) is 124 cm³/mol. The number of imidazole rings is 1. The number of amides is 2. The molecular formula is C22H19FN6O2S2. The molecule has 3 aromatic heterocycles. The van der Waals surface area contributed by atoms with Crippen LogP contribution in [0.3, 0.4) is 0 Å². The molecule has 1 aliphatic carbocycles. The first-order chi connectivity index (χ1) is 16.0. The molecule has 1 saturated carbocycles. The van der Waals surface area contributed by atoms with E-state index in [2.05, 4.69) is 15.3 Å². The minimum Gasteiger partial charge on any atom is -0.375 e. The van der Waals surface area contributed by atoms with Gasteiger partial charge in [-0.1, -0.05) is 23.5 Å². The zero-order valence-corrected chi connectivity index (χ0v) is 18.9. The number of nitrogen functional groups attached to an aromatic ring is 1. The van der Waals surface area contributed by atoms with Crippen LogP contribution in [0.15, 0.2) is 42.0 Å². The monoisotopic (exact) mass is 482 g/mol. The summed E-state index contributed by atoms with van der Waals surface area (Å²) >= 11 is 2.63. The summed E-state index contributed by atoms with van der Waals surface area (Å²) in [5, 5.41) is 5.10. The van der Waals surface area contributed by atoms with E-state index in [0.29, 0.717) is 28.6 Å². The summed E-state index contributed by atoms with van der Waals surface area (Å²) in [7, 11) is 0. The fraction of sp³-hybridized carbons (Fsp3) is 0.273. The van der Waals surface area contributed by atoms with Crippen molar-refractivity contribution in [3.05, 3.63) is 59.2 Å². The zero-order chi connectivity index (χ0) is 22.7. The summed E-state index contributed by atoms with van der Waals surface area (Å²) < 4.78 is 15.6. The highest BCUT2D eigenvalue weighted by Gasteiger charge is 2.54. The van der Waals surface area contributed by atoms with Gasteiger partial charge in [-0.3, -0.25) is 14.0 Å². The van der Waals surface area contributed by atoms with Crippen LogP contribution in [0.1, 0.15) is 33.8 Å². The number of thiazole rings is 2. The van der Waals surface area contributed by atoms with Crippen LogP contribution in [0.2, 0.25) is 0 Å². The highest BCUT2D eigenvalue weighted by molar-refractivity contribution is 7.19. The van der Waals surface area contributed by atoms with Gasteiger partial charge in [0.25, 0.3) is 11.8 Å². The molecule has 4 aromatic rings. The largest absolute Gasteiger partial charge is 0.375 e. The van der Waals surface area contributed by atoms with Crippen LogP contribution in [-0.4, -0.2) is 49.7 Å². The third-order valence-electron chi connectivity index (χ3n) is 6.26. The molecule has 2 aliphatic rings. The maximum Gasteiger partial charge on any atom is 0.274 e. The number of halogens is 1. The first-order valence-electron chi connectivity index (χ1n) is 10.5. The maximum absolute atomic E-state index is 13.8. The van der Waals surface area contributed by atoms with Crippen LogP contribution < -0.4 is 11.1 Å². The van der Waals surface area contributed by atoms with Crippen LogP contribution in [-0.2, 0) is 0 Å². The summed E-state index contributed by atoms with van der Waals surface area (Å²) in [4.78, 5) is 38.0. The molecule has 1 aliphatic heterocycles. The van der Waals surface area contributed by atoms with Gasteiger partial charge in [-0.05, 0) is 36.5 Å². The number of benzene rings is 1. The summed E-state index contributed by atoms with van der Waals surface area (Å²) in [5.41, 5.74) is 7.22. The first kappa shape index (κ1) is 20.3. The molecular weight excluding hydrogens is 463 g/mol. The normalized spacial score (nSPS) is 21.4.